The van der Waals surface area contributed by atoms with Crippen molar-refractivity contribution in [3.8, 4) is 0 Å². The lowest BCUT2D eigenvalue weighted by Gasteiger charge is -2.05. The molecule has 0 radical (unpaired) electrons. The number of aliphatic hydroxyl groups is 1. The molecule has 1 amide bonds. The quantitative estimate of drug-likeness (QED) is 0.776. The van der Waals surface area contributed by atoms with Gasteiger partial charge in [0.1, 0.15) is 0 Å². The van der Waals surface area contributed by atoms with E-state index in [9.17, 15) is 4.79 Å². The molecule has 1 rings (SSSR count). The average Bonchev–Trinajstić information content (AvgIpc) is 2.32. The maximum Gasteiger partial charge on any atom is 0.254 e. The standard InChI is InChI=1S/C10H13Cl2N3O2/c11-8-6-7(9(12)15-14-8)10(17)13-4-2-1-3-5-16/h6,16H,1-5H2,(H,13,17). The van der Waals surface area contributed by atoms with E-state index in [4.69, 9.17) is 28.3 Å². The molecule has 0 aliphatic heterocycles. The number of aromatic nitrogens is 2. The monoisotopic (exact) mass is 277 g/mol. The van der Waals surface area contributed by atoms with Gasteiger partial charge in [0.05, 0.1) is 5.56 Å². The van der Waals surface area contributed by atoms with Crippen LogP contribution in [0.15, 0.2) is 6.07 Å². The molecule has 0 bridgehead atoms. The van der Waals surface area contributed by atoms with Crippen LogP contribution in [0.4, 0.5) is 0 Å². The maximum atomic E-state index is 11.7. The Morgan fingerprint density at radius 2 is 2.06 bits per heavy atom. The van der Waals surface area contributed by atoms with Crippen LogP contribution < -0.4 is 5.32 Å². The number of aliphatic hydroxyl groups excluding tert-OH is 1. The summed E-state index contributed by atoms with van der Waals surface area (Å²) in [5, 5.41) is 18.5. The molecule has 2 N–H and O–H groups in total. The third kappa shape index (κ3) is 4.85. The number of carbonyl (C=O) groups is 1. The largest absolute Gasteiger partial charge is 0.396 e. The van der Waals surface area contributed by atoms with E-state index in [0.29, 0.717) is 6.54 Å². The van der Waals surface area contributed by atoms with Gasteiger partial charge in [-0.05, 0) is 25.3 Å². The fraction of sp³-hybridized carbons (Fsp3) is 0.500. The smallest absolute Gasteiger partial charge is 0.254 e. The van der Waals surface area contributed by atoms with E-state index >= 15 is 0 Å². The molecular weight excluding hydrogens is 265 g/mol. The molecule has 94 valence electrons. The van der Waals surface area contributed by atoms with Gasteiger partial charge in [-0.25, -0.2) is 0 Å². The van der Waals surface area contributed by atoms with E-state index in [1.54, 1.807) is 0 Å². The Kier molecular flexibility index (Phi) is 6.18. The first-order chi connectivity index (χ1) is 8.15. The number of rotatable bonds is 6. The molecule has 5 nitrogen and oxygen atoms in total. The predicted octanol–water partition coefficient (Wildman–Crippen LogP) is 1.68. The summed E-state index contributed by atoms with van der Waals surface area (Å²) in [7, 11) is 0. The molecule has 0 aliphatic rings. The molecule has 0 saturated heterocycles. The van der Waals surface area contributed by atoms with E-state index in [0.717, 1.165) is 19.3 Å². The van der Waals surface area contributed by atoms with Crippen LogP contribution in [0.1, 0.15) is 29.6 Å². The molecule has 0 atom stereocenters. The lowest BCUT2D eigenvalue weighted by atomic mass is 10.2. The van der Waals surface area contributed by atoms with Gasteiger partial charge in [-0.2, -0.15) is 0 Å². The topological polar surface area (TPSA) is 75.1 Å². The van der Waals surface area contributed by atoms with Gasteiger partial charge in [0, 0.05) is 13.2 Å². The first kappa shape index (κ1) is 14.2. The molecule has 7 heteroatoms. The number of nitrogens with one attached hydrogen (secondary N) is 1. The molecule has 1 aromatic heterocycles. The van der Waals surface area contributed by atoms with Gasteiger partial charge in [-0.3, -0.25) is 4.79 Å². The number of carbonyl (C=O) groups excluding carboxylic acids is 1. The molecule has 0 unspecified atom stereocenters. The van der Waals surface area contributed by atoms with Crippen LogP contribution in [0, 0.1) is 0 Å². The Hall–Kier alpha value is -0.910. The van der Waals surface area contributed by atoms with Gasteiger partial charge in [-0.15, -0.1) is 10.2 Å². The highest BCUT2D eigenvalue weighted by Crippen LogP contribution is 2.14. The summed E-state index contributed by atoms with van der Waals surface area (Å²) >= 11 is 11.4. The van der Waals surface area contributed by atoms with Gasteiger partial charge in [0.15, 0.2) is 10.3 Å². The second-order valence-electron chi connectivity index (χ2n) is 3.41. The number of amides is 1. The maximum absolute atomic E-state index is 11.7. The molecule has 0 fully saturated rings. The van der Waals surface area contributed by atoms with Crippen LogP contribution in [0.2, 0.25) is 10.3 Å². The van der Waals surface area contributed by atoms with Crippen LogP contribution in [0.5, 0.6) is 0 Å². The third-order valence-corrected chi connectivity index (χ3v) is 2.55. The summed E-state index contributed by atoms with van der Waals surface area (Å²) in [6.45, 7) is 0.693. The molecule has 0 aliphatic carbocycles. The molecule has 0 spiro atoms. The summed E-state index contributed by atoms with van der Waals surface area (Å²) in [5.74, 6) is -0.323. The van der Waals surface area contributed by atoms with Crippen molar-refractivity contribution in [3.05, 3.63) is 21.9 Å². The minimum Gasteiger partial charge on any atom is -0.396 e. The predicted molar refractivity (Wildman–Crippen MR) is 65.3 cm³/mol. The fourth-order valence-corrected chi connectivity index (χ4v) is 1.55. The van der Waals surface area contributed by atoms with Crippen molar-refractivity contribution in [1.82, 2.24) is 15.5 Å². The molecule has 1 aromatic rings. The summed E-state index contributed by atoms with van der Waals surface area (Å²) in [6.07, 6.45) is 2.40. The van der Waals surface area contributed by atoms with Crippen LogP contribution in [-0.2, 0) is 0 Å². The van der Waals surface area contributed by atoms with E-state index < -0.39 is 0 Å². The Morgan fingerprint density at radius 3 is 2.76 bits per heavy atom. The van der Waals surface area contributed by atoms with Gasteiger partial charge in [-0.1, -0.05) is 23.2 Å². The zero-order valence-corrected chi connectivity index (χ0v) is 10.6. The number of unbranched alkanes of at least 4 members (excludes halogenated alkanes) is 2. The van der Waals surface area contributed by atoms with Crippen LogP contribution >= 0.6 is 23.2 Å². The zero-order chi connectivity index (χ0) is 12.7. The van der Waals surface area contributed by atoms with Gasteiger partial charge < -0.3 is 10.4 Å². The van der Waals surface area contributed by atoms with Crippen LogP contribution in [0.25, 0.3) is 0 Å². The minimum atomic E-state index is -0.323. The van der Waals surface area contributed by atoms with E-state index in [2.05, 4.69) is 15.5 Å². The normalized spacial score (nSPS) is 10.3. The Balaban J connectivity index is 2.44. The van der Waals surface area contributed by atoms with Crippen LogP contribution in [-0.4, -0.2) is 34.4 Å². The fourth-order valence-electron chi connectivity index (χ4n) is 1.22. The van der Waals surface area contributed by atoms with Crippen LogP contribution in [0.3, 0.4) is 0 Å². The third-order valence-electron chi connectivity index (χ3n) is 2.08. The molecule has 0 saturated carbocycles. The number of hydrogen-bond acceptors (Lipinski definition) is 4. The summed E-state index contributed by atoms with van der Waals surface area (Å²) in [6, 6.07) is 1.37. The summed E-state index contributed by atoms with van der Waals surface area (Å²) in [5.41, 5.74) is 0.217. The molecule has 0 aromatic carbocycles. The SMILES string of the molecule is O=C(NCCCCCO)c1cc(Cl)nnc1Cl. The highest BCUT2D eigenvalue weighted by molar-refractivity contribution is 6.34. The number of nitrogens with zero attached hydrogens (tertiary/aromatic N) is 2. The lowest BCUT2D eigenvalue weighted by molar-refractivity contribution is 0.0952. The van der Waals surface area contributed by atoms with E-state index in [1.807, 2.05) is 0 Å². The average molecular weight is 278 g/mol. The highest BCUT2D eigenvalue weighted by atomic mass is 35.5. The highest BCUT2D eigenvalue weighted by Gasteiger charge is 2.12. The van der Waals surface area contributed by atoms with Gasteiger partial charge in [0.25, 0.3) is 5.91 Å². The number of halogens is 2. The van der Waals surface area contributed by atoms with E-state index in [1.165, 1.54) is 6.07 Å². The molecule has 1 heterocycles. The second kappa shape index (κ2) is 7.42. The van der Waals surface area contributed by atoms with Crippen molar-refractivity contribution in [1.29, 1.82) is 0 Å². The molecule has 17 heavy (non-hydrogen) atoms. The van der Waals surface area contributed by atoms with Crippen molar-refractivity contribution in [2.24, 2.45) is 0 Å². The van der Waals surface area contributed by atoms with Crippen molar-refractivity contribution in [2.75, 3.05) is 13.2 Å². The summed E-state index contributed by atoms with van der Waals surface area (Å²) < 4.78 is 0. The minimum absolute atomic E-state index is 0.0299. The Bertz CT molecular complexity index is 388. The van der Waals surface area contributed by atoms with Gasteiger partial charge >= 0.3 is 0 Å². The van der Waals surface area contributed by atoms with Crippen molar-refractivity contribution in [2.45, 2.75) is 19.3 Å². The second-order valence-corrected chi connectivity index (χ2v) is 4.16. The van der Waals surface area contributed by atoms with Crippen molar-refractivity contribution in [3.63, 3.8) is 0 Å². The first-order valence-electron chi connectivity index (χ1n) is 5.23. The van der Waals surface area contributed by atoms with Crippen molar-refractivity contribution >= 4 is 29.1 Å². The van der Waals surface area contributed by atoms with Gasteiger partial charge in [0.2, 0.25) is 0 Å². The van der Waals surface area contributed by atoms with Crippen molar-refractivity contribution < 1.29 is 9.90 Å². The molecular formula is C10H13Cl2N3O2. The summed E-state index contributed by atoms with van der Waals surface area (Å²) in [4.78, 5) is 11.7. The Morgan fingerprint density at radius 1 is 1.29 bits per heavy atom. The lowest BCUT2D eigenvalue weighted by Crippen LogP contribution is -2.25. The Labute approximate surface area is 109 Å². The van der Waals surface area contributed by atoms with E-state index in [-0.39, 0.29) is 28.4 Å². The number of hydrogen-bond donors (Lipinski definition) is 2. The zero-order valence-electron chi connectivity index (χ0n) is 9.12. The first-order valence-corrected chi connectivity index (χ1v) is 5.98.